The molecule has 0 radical (unpaired) electrons. The van der Waals surface area contributed by atoms with Crippen molar-refractivity contribution in [2.75, 3.05) is 0 Å². The average molecular weight is 343 g/mol. The summed E-state index contributed by atoms with van der Waals surface area (Å²) in [6, 6.07) is 0. The van der Waals surface area contributed by atoms with Gasteiger partial charge in [0.15, 0.2) is 0 Å². The van der Waals surface area contributed by atoms with E-state index in [0.29, 0.717) is 4.87 Å². The molecule has 116 valence electrons. The standard InChI is InChI=1S/C12H30O3S2Si2/c1-8-12(17-16)18-19(13-9(2)3,14-10(4)5)15-11(6)7/h9-12,16H,8,18H2,1-7H3. The fraction of sp³-hybridized carbons (Fsp3) is 1.00. The zero-order valence-corrected chi connectivity index (χ0v) is 17.4. The van der Waals surface area contributed by atoms with Gasteiger partial charge in [-0.2, -0.15) is 0 Å². The molecule has 0 aromatic carbocycles. The van der Waals surface area contributed by atoms with Crippen molar-refractivity contribution in [3.63, 3.8) is 0 Å². The Bertz CT molecular complexity index is 210. The summed E-state index contributed by atoms with van der Waals surface area (Å²) in [7, 11) is -1.53. The van der Waals surface area contributed by atoms with Gasteiger partial charge in [-0.05, 0) is 48.0 Å². The molecule has 0 rings (SSSR count). The molecule has 19 heavy (non-hydrogen) atoms. The Morgan fingerprint density at radius 1 is 0.947 bits per heavy atom. The van der Waals surface area contributed by atoms with E-state index in [0.717, 1.165) is 6.42 Å². The summed E-state index contributed by atoms with van der Waals surface area (Å²) in [5.74, 6) is 0. The second-order valence-electron chi connectivity index (χ2n) is 5.52. The topological polar surface area (TPSA) is 27.7 Å². The number of hydrogen-bond donors (Lipinski definition) is 1. The molecule has 0 aliphatic carbocycles. The normalized spacial score (nSPS) is 15.3. The van der Waals surface area contributed by atoms with E-state index in [4.69, 9.17) is 13.3 Å². The molecule has 0 saturated heterocycles. The first-order valence-electron chi connectivity index (χ1n) is 7.08. The Morgan fingerprint density at radius 3 is 1.53 bits per heavy atom. The molecule has 0 aliphatic heterocycles. The van der Waals surface area contributed by atoms with Crippen LogP contribution in [0.4, 0.5) is 0 Å². The van der Waals surface area contributed by atoms with Crippen molar-refractivity contribution in [2.24, 2.45) is 0 Å². The highest BCUT2D eigenvalue weighted by atomic mass is 33.1. The van der Waals surface area contributed by atoms with Gasteiger partial charge >= 0.3 is 8.32 Å². The molecular formula is C12H30O3S2Si2. The number of thiol groups is 1. The zero-order chi connectivity index (χ0) is 15.1. The molecule has 0 saturated carbocycles. The van der Waals surface area contributed by atoms with Gasteiger partial charge < -0.3 is 13.3 Å². The summed E-state index contributed by atoms with van der Waals surface area (Å²) in [4.78, 5) is 0.534. The largest absolute Gasteiger partial charge is 0.464 e. The van der Waals surface area contributed by atoms with Gasteiger partial charge in [0.05, 0.1) is 0 Å². The third-order valence-electron chi connectivity index (χ3n) is 2.33. The molecular weight excluding hydrogens is 312 g/mol. The zero-order valence-electron chi connectivity index (χ0n) is 13.3. The van der Waals surface area contributed by atoms with Crippen molar-refractivity contribution in [1.29, 1.82) is 0 Å². The Kier molecular flexibility index (Phi) is 10.4. The van der Waals surface area contributed by atoms with Crippen LogP contribution in [0.2, 0.25) is 0 Å². The highest BCUT2D eigenvalue weighted by molar-refractivity contribution is 8.69. The molecule has 0 amide bonds. The lowest BCUT2D eigenvalue weighted by Gasteiger charge is -2.36. The van der Waals surface area contributed by atoms with Crippen LogP contribution in [0.25, 0.3) is 0 Å². The molecule has 0 fully saturated rings. The Balaban J connectivity index is 5.08. The lowest BCUT2D eigenvalue weighted by atomic mass is 10.5. The SMILES string of the molecule is CCC([SiH2][Si](OC(C)C)(OC(C)C)OC(C)C)SS. The van der Waals surface area contributed by atoms with Crippen LogP contribution in [0.3, 0.4) is 0 Å². The van der Waals surface area contributed by atoms with Crippen molar-refractivity contribution in [3.05, 3.63) is 0 Å². The van der Waals surface area contributed by atoms with Crippen molar-refractivity contribution < 1.29 is 13.3 Å². The lowest BCUT2D eigenvalue weighted by molar-refractivity contribution is 0.0213. The smallest absolute Gasteiger partial charge is 0.374 e. The van der Waals surface area contributed by atoms with Crippen LogP contribution >= 0.6 is 22.5 Å². The fourth-order valence-electron chi connectivity index (χ4n) is 1.84. The second-order valence-corrected chi connectivity index (χ2v) is 14.9. The van der Waals surface area contributed by atoms with Crippen LogP contribution < -0.4 is 0 Å². The highest BCUT2D eigenvalue weighted by Gasteiger charge is 2.45. The van der Waals surface area contributed by atoms with Crippen LogP contribution in [0, 0.1) is 0 Å². The summed E-state index contributed by atoms with van der Waals surface area (Å²) in [5, 5.41) is 0. The minimum atomic E-state index is -2.52. The van der Waals surface area contributed by atoms with Gasteiger partial charge in [-0.25, -0.2) is 0 Å². The van der Waals surface area contributed by atoms with Crippen molar-refractivity contribution in [3.8, 4) is 0 Å². The van der Waals surface area contributed by atoms with Crippen LogP contribution in [0.1, 0.15) is 54.9 Å². The third kappa shape index (κ3) is 8.80. The first kappa shape index (κ1) is 20.0. The summed E-state index contributed by atoms with van der Waals surface area (Å²) < 4.78 is 18.6. The van der Waals surface area contributed by atoms with E-state index in [1.165, 1.54) is 0 Å². The average Bonchev–Trinajstić information content (AvgIpc) is 2.22. The second kappa shape index (κ2) is 9.86. The molecule has 3 nitrogen and oxygen atoms in total. The van der Waals surface area contributed by atoms with Crippen molar-refractivity contribution >= 4 is 39.8 Å². The molecule has 0 aromatic heterocycles. The van der Waals surface area contributed by atoms with Crippen molar-refractivity contribution in [2.45, 2.75) is 78.1 Å². The number of hydrogen-bond acceptors (Lipinski definition) is 5. The summed E-state index contributed by atoms with van der Waals surface area (Å²) in [5.41, 5.74) is 0. The van der Waals surface area contributed by atoms with Gasteiger partial charge in [0, 0.05) is 23.2 Å². The molecule has 1 atom stereocenters. The quantitative estimate of drug-likeness (QED) is 0.375. The van der Waals surface area contributed by atoms with Crippen LogP contribution in [0.5, 0.6) is 0 Å². The number of rotatable bonds is 10. The van der Waals surface area contributed by atoms with Gasteiger partial charge in [0.2, 0.25) is 0 Å². The van der Waals surface area contributed by atoms with Gasteiger partial charge in [-0.1, -0.05) is 17.7 Å². The van der Waals surface area contributed by atoms with E-state index in [2.05, 4.69) is 60.1 Å². The van der Waals surface area contributed by atoms with Gasteiger partial charge in [-0.3, -0.25) is 0 Å². The van der Waals surface area contributed by atoms with E-state index < -0.39 is 17.4 Å². The lowest BCUT2D eigenvalue weighted by Crippen LogP contribution is -2.58. The fourth-order valence-corrected chi connectivity index (χ4v) is 17.1. The summed E-state index contributed by atoms with van der Waals surface area (Å²) in [6.45, 7) is 14.5. The van der Waals surface area contributed by atoms with Crippen LogP contribution in [-0.4, -0.2) is 40.5 Å². The summed E-state index contributed by atoms with van der Waals surface area (Å²) in [6.07, 6.45) is 1.51. The Morgan fingerprint density at radius 2 is 1.32 bits per heavy atom. The van der Waals surface area contributed by atoms with E-state index in [-0.39, 0.29) is 18.3 Å². The minimum Gasteiger partial charge on any atom is -0.374 e. The minimum absolute atomic E-state index is 0.138. The van der Waals surface area contributed by atoms with E-state index in [1.807, 2.05) is 0 Å². The van der Waals surface area contributed by atoms with E-state index >= 15 is 0 Å². The molecule has 0 heterocycles. The predicted molar refractivity (Wildman–Crippen MR) is 93.6 cm³/mol. The molecule has 0 bridgehead atoms. The molecule has 1 unspecified atom stereocenters. The van der Waals surface area contributed by atoms with E-state index in [1.54, 1.807) is 10.8 Å². The van der Waals surface area contributed by atoms with Gasteiger partial charge in [-0.15, -0.1) is 11.7 Å². The Labute approximate surface area is 131 Å². The van der Waals surface area contributed by atoms with Gasteiger partial charge in [0.1, 0.15) is 9.04 Å². The first-order chi connectivity index (χ1) is 8.74. The Hall–Kier alpha value is 1.01. The molecule has 0 N–H and O–H groups in total. The van der Waals surface area contributed by atoms with Crippen LogP contribution in [0.15, 0.2) is 0 Å². The molecule has 7 heteroatoms. The molecule has 0 aliphatic rings. The first-order valence-corrected chi connectivity index (χ1v) is 13.9. The molecule has 0 spiro atoms. The highest BCUT2D eigenvalue weighted by Crippen LogP contribution is 2.24. The third-order valence-corrected chi connectivity index (χ3v) is 15.1. The summed E-state index contributed by atoms with van der Waals surface area (Å²) >= 11 is 4.39. The van der Waals surface area contributed by atoms with E-state index in [9.17, 15) is 0 Å². The maximum absolute atomic E-state index is 6.20. The van der Waals surface area contributed by atoms with Gasteiger partial charge in [0.25, 0.3) is 0 Å². The maximum atomic E-state index is 6.20. The maximum Gasteiger partial charge on any atom is 0.464 e. The monoisotopic (exact) mass is 342 g/mol. The molecule has 0 aromatic rings. The van der Waals surface area contributed by atoms with Crippen molar-refractivity contribution in [1.82, 2.24) is 0 Å². The predicted octanol–water partition coefficient (Wildman–Crippen LogP) is 3.18. The van der Waals surface area contributed by atoms with Crippen LogP contribution in [-0.2, 0) is 13.3 Å².